The summed E-state index contributed by atoms with van der Waals surface area (Å²) in [6.07, 6.45) is 3.29. The van der Waals surface area contributed by atoms with Gasteiger partial charge in [0.1, 0.15) is 6.04 Å². The lowest BCUT2D eigenvalue weighted by Gasteiger charge is -2.12. The van der Waals surface area contributed by atoms with Gasteiger partial charge in [-0.1, -0.05) is 30.3 Å². The Morgan fingerprint density at radius 2 is 1.96 bits per heavy atom. The molecule has 2 N–H and O–H groups in total. The molecule has 0 saturated heterocycles. The number of amides is 1. The van der Waals surface area contributed by atoms with E-state index < -0.39 is 28.6 Å². The van der Waals surface area contributed by atoms with Crippen molar-refractivity contribution in [2.75, 3.05) is 6.61 Å². The molecule has 0 aromatic heterocycles. The average molecular weight is 352 g/mol. The van der Waals surface area contributed by atoms with Gasteiger partial charge in [-0.3, -0.25) is 9.59 Å². The summed E-state index contributed by atoms with van der Waals surface area (Å²) in [6, 6.07) is 7.98. The zero-order chi connectivity index (χ0) is 17.6. The highest BCUT2D eigenvalue weighted by Crippen LogP contribution is 2.18. The minimum atomic E-state index is -3.80. The zero-order valence-corrected chi connectivity index (χ0v) is 14.1. The lowest BCUT2D eigenvalue weighted by molar-refractivity contribution is -0.149. The summed E-state index contributed by atoms with van der Waals surface area (Å²) in [5, 5.41) is 3.65. The molecule has 0 heterocycles. The summed E-state index contributed by atoms with van der Waals surface area (Å²) in [4.78, 5) is 23.2. The van der Waals surface area contributed by atoms with Crippen LogP contribution in [0.5, 0.6) is 0 Å². The second kappa shape index (κ2) is 8.07. The van der Waals surface area contributed by atoms with Crippen molar-refractivity contribution in [3.63, 3.8) is 0 Å². The monoisotopic (exact) mass is 352 g/mol. The molecule has 0 unspecified atom stereocenters. The highest BCUT2D eigenvalue weighted by atomic mass is 32.2. The van der Waals surface area contributed by atoms with E-state index in [1.807, 2.05) is 6.07 Å². The van der Waals surface area contributed by atoms with Crippen molar-refractivity contribution >= 4 is 28.0 Å². The summed E-state index contributed by atoms with van der Waals surface area (Å²) in [7, 11) is -3.80. The van der Waals surface area contributed by atoms with Crippen molar-refractivity contribution in [3.05, 3.63) is 41.3 Å². The van der Waals surface area contributed by atoms with Crippen molar-refractivity contribution in [3.8, 4) is 0 Å². The van der Waals surface area contributed by atoms with E-state index in [0.717, 1.165) is 23.8 Å². The van der Waals surface area contributed by atoms with Gasteiger partial charge in [0.15, 0.2) is 6.61 Å². The third-order valence-electron chi connectivity index (χ3n) is 3.22. The Bertz CT molecular complexity index is 711. The number of carbonyl (C=O) groups excluding carboxylic acids is 2. The van der Waals surface area contributed by atoms with Crippen LogP contribution < -0.4 is 10.0 Å². The Morgan fingerprint density at radius 1 is 1.29 bits per heavy atom. The van der Waals surface area contributed by atoms with Crippen LogP contribution in [-0.4, -0.2) is 39.0 Å². The summed E-state index contributed by atoms with van der Waals surface area (Å²) < 4.78 is 30.8. The van der Waals surface area contributed by atoms with Gasteiger partial charge in [0.05, 0.1) is 0 Å². The topological polar surface area (TPSA) is 102 Å². The van der Waals surface area contributed by atoms with E-state index in [0.29, 0.717) is 0 Å². The van der Waals surface area contributed by atoms with Crippen LogP contribution in [-0.2, 0) is 24.3 Å². The van der Waals surface area contributed by atoms with Crippen LogP contribution in [0.1, 0.15) is 25.3 Å². The highest BCUT2D eigenvalue weighted by Gasteiger charge is 2.25. The molecular formula is C16H20N2O5S. The van der Waals surface area contributed by atoms with Gasteiger partial charge in [-0.15, -0.1) is 0 Å². The van der Waals surface area contributed by atoms with E-state index in [1.54, 1.807) is 24.3 Å². The van der Waals surface area contributed by atoms with Crippen molar-refractivity contribution in [2.24, 2.45) is 0 Å². The fourth-order valence-corrected chi connectivity index (χ4v) is 2.83. The summed E-state index contributed by atoms with van der Waals surface area (Å²) in [5.41, 5.74) is 0.717. The maximum absolute atomic E-state index is 11.9. The van der Waals surface area contributed by atoms with Gasteiger partial charge in [0, 0.05) is 11.4 Å². The summed E-state index contributed by atoms with van der Waals surface area (Å²) in [5.74, 6) is -1.19. The molecule has 0 spiro atoms. The number of ether oxygens (including phenoxy) is 1. The van der Waals surface area contributed by atoms with Crippen molar-refractivity contribution in [1.82, 2.24) is 10.0 Å². The number of nitrogens with one attached hydrogen (secondary N) is 2. The first kappa shape index (κ1) is 18.2. The Kier molecular flexibility index (Phi) is 6.10. The van der Waals surface area contributed by atoms with E-state index >= 15 is 0 Å². The molecule has 1 aliphatic rings. The van der Waals surface area contributed by atoms with Crippen molar-refractivity contribution in [1.29, 1.82) is 0 Å². The van der Waals surface area contributed by atoms with Crippen LogP contribution in [0.2, 0.25) is 0 Å². The molecular weight excluding hydrogens is 332 g/mol. The Hall–Kier alpha value is -2.19. The fraction of sp³-hybridized carbons (Fsp3) is 0.375. The molecule has 7 nitrogen and oxygen atoms in total. The summed E-state index contributed by atoms with van der Waals surface area (Å²) in [6.45, 7) is 0.941. The third kappa shape index (κ3) is 6.51. The molecule has 0 bridgehead atoms. The molecule has 1 aromatic carbocycles. The Morgan fingerprint density at radius 3 is 2.58 bits per heavy atom. The van der Waals surface area contributed by atoms with E-state index in [9.17, 15) is 18.0 Å². The van der Waals surface area contributed by atoms with Crippen molar-refractivity contribution < 1.29 is 22.7 Å². The quantitative estimate of drug-likeness (QED) is 0.674. The SMILES string of the molecule is C[C@H](NS(=O)(=O)/C=C/c1ccccc1)C(=O)OCC(=O)NC1CC1. The van der Waals surface area contributed by atoms with E-state index in [4.69, 9.17) is 4.74 Å². The van der Waals surface area contributed by atoms with E-state index in [2.05, 4.69) is 10.0 Å². The first-order chi connectivity index (χ1) is 11.4. The third-order valence-corrected chi connectivity index (χ3v) is 4.40. The highest BCUT2D eigenvalue weighted by molar-refractivity contribution is 7.92. The Labute approximate surface area is 141 Å². The predicted molar refractivity (Wildman–Crippen MR) is 89.1 cm³/mol. The van der Waals surface area contributed by atoms with Gasteiger partial charge in [-0.05, 0) is 31.4 Å². The molecule has 1 aromatic rings. The standard InChI is InChI=1S/C16H20N2O5S/c1-12(16(20)23-11-15(19)17-14-7-8-14)18-24(21,22)10-9-13-5-3-2-4-6-13/h2-6,9-10,12,14,18H,7-8,11H2,1H3,(H,17,19)/b10-9+/t12-/m0/s1. The van der Waals surface area contributed by atoms with E-state index in [-0.39, 0.29) is 11.9 Å². The average Bonchev–Trinajstić information content (AvgIpc) is 3.35. The maximum Gasteiger partial charge on any atom is 0.324 e. The lowest BCUT2D eigenvalue weighted by Crippen LogP contribution is -2.40. The maximum atomic E-state index is 11.9. The van der Waals surface area contributed by atoms with Crippen molar-refractivity contribution in [2.45, 2.75) is 31.8 Å². The first-order valence-corrected chi connectivity index (χ1v) is 9.12. The van der Waals surface area contributed by atoms with Crippen LogP contribution in [0.15, 0.2) is 35.7 Å². The number of hydrogen-bond donors (Lipinski definition) is 2. The van der Waals surface area contributed by atoms with Gasteiger partial charge in [-0.25, -0.2) is 8.42 Å². The van der Waals surface area contributed by atoms with Crippen LogP contribution >= 0.6 is 0 Å². The molecule has 1 amide bonds. The molecule has 8 heteroatoms. The van der Waals surface area contributed by atoms with Crippen LogP contribution in [0, 0.1) is 0 Å². The van der Waals surface area contributed by atoms with Crippen LogP contribution in [0.4, 0.5) is 0 Å². The van der Waals surface area contributed by atoms with Gasteiger partial charge >= 0.3 is 5.97 Å². The fourth-order valence-electron chi connectivity index (χ4n) is 1.82. The molecule has 130 valence electrons. The van der Waals surface area contributed by atoms with Gasteiger partial charge in [0.25, 0.3) is 5.91 Å². The molecule has 1 fully saturated rings. The number of benzene rings is 1. The van der Waals surface area contributed by atoms with Gasteiger partial charge < -0.3 is 10.1 Å². The molecule has 1 atom stereocenters. The van der Waals surface area contributed by atoms with Gasteiger partial charge in [-0.2, -0.15) is 4.72 Å². The minimum absolute atomic E-state index is 0.176. The first-order valence-electron chi connectivity index (χ1n) is 7.57. The molecule has 0 aliphatic heterocycles. The second-order valence-corrected chi connectivity index (χ2v) is 7.15. The molecule has 0 radical (unpaired) electrons. The Balaban J connectivity index is 1.80. The van der Waals surface area contributed by atoms with Crippen LogP contribution in [0.25, 0.3) is 6.08 Å². The molecule has 1 saturated carbocycles. The number of sulfonamides is 1. The molecule has 24 heavy (non-hydrogen) atoms. The smallest absolute Gasteiger partial charge is 0.324 e. The van der Waals surface area contributed by atoms with Crippen LogP contribution in [0.3, 0.4) is 0 Å². The largest absolute Gasteiger partial charge is 0.454 e. The molecule has 1 aliphatic carbocycles. The van der Waals surface area contributed by atoms with Gasteiger partial charge in [0.2, 0.25) is 10.0 Å². The van der Waals surface area contributed by atoms with E-state index in [1.165, 1.54) is 13.0 Å². The zero-order valence-electron chi connectivity index (χ0n) is 13.3. The number of rotatable bonds is 8. The predicted octanol–water partition coefficient (Wildman–Crippen LogP) is 0.787. The number of carbonyl (C=O) groups is 2. The molecule has 2 rings (SSSR count). The second-order valence-electron chi connectivity index (χ2n) is 5.55. The normalized spacial score (nSPS) is 15.9. The number of hydrogen-bond acceptors (Lipinski definition) is 5. The summed E-state index contributed by atoms with van der Waals surface area (Å²) >= 11 is 0. The number of esters is 1. The minimum Gasteiger partial charge on any atom is -0.454 e. The lowest BCUT2D eigenvalue weighted by atomic mass is 10.2.